The molecule has 4 heterocycles. The maximum Gasteiger partial charge on any atom is 0.246 e. The van der Waals surface area contributed by atoms with E-state index in [4.69, 9.17) is 45.5 Å². The molecule has 2 aromatic rings. The SMILES string of the molecule is C=CC(=O)N1CCN(C2=C(C#N)C(O)N(C3=C(C)C=CNC3C(C)C)c3nc(-c4c(N)c(F)c(Cl)c(F)c4Cl)c(Cl)cc32)CC1. The zero-order chi connectivity index (χ0) is 32.9. The van der Waals surface area contributed by atoms with Gasteiger partial charge < -0.3 is 26.0 Å². The Balaban J connectivity index is 1.79. The second-order valence-corrected chi connectivity index (χ2v) is 12.3. The van der Waals surface area contributed by atoms with Crippen LogP contribution in [0.2, 0.25) is 15.1 Å². The molecule has 0 radical (unpaired) electrons. The summed E-state index contributed by atoms with van der Waals surface area (Å²) in [6.45, 7) is 10.8. The van der Waals surface area contributed by atoms with Gasteiger partial charge in [0.15, 0.2) is 17.9 Å². The van der Waals surface area contributed by atoms with Crippen molar-refractivity contribution < 1.29 is 18.7 Å². The largest absolute Gasteiger partial charge is 0.396 e. The van der Waals surface area contributed by atoms with E-state index < -0.39 is 33.6 Å². The average molecular weight is 677 g/mol. The number of carbonyl (C=O) groups excluding carboxylic acids is 1. The van der Waals surface area contributed by atoms with Crippen LogP contribution in [0.3, 0.4) is 0 Å². The molecule has 3 aliphatic heterocycles. The first-order chi connectivity index (χ1) is 21.3. The summed E-state index contributed by atoms with van der Waals surface area (Å²) >= 11 is 18.9. The molecule has 0 spiro atoms. The van der Waals surface area contributed by atoms with Crippen LogP contribution >= 0.6 is 34.8 Å². The Labute approximate surface area is 274 Å². The Bertz CT molecular complexity index is 1710. The average Bonchev–Trinajstić information content (AvgIpc) is 3.02. The molecule has 1 fully saturated rings. The number of hydrogen-bond donors (Lipinski definition) is 3. The van der Waals surface area contributed by atoms with Crippen molar-refractivity contribution in [3.8, 4) is 17.3 Å². The van der Waals surface area contributed by atoms with E-state index in [0.29, 0.717) is 43.1 Å². The van der Waals surface area contributed by atoms with Gasteiger partial charge in [0.2, 0.25) is 5.91 Å². The summed E-state index contributed by atoms with van der Waals surface area (Å²) in [7, 11) is 0. The number of allylic oxidation sites excluding steroid dienone is 2. The highest BCUT2D eigenvalue weighted by molar-refractivity contribution is 6.39. The highest BCUT2D eigenvalue weighted by Crippen LogP contribution is 2.48. The fraction of sp³-hybridized carbons (Fsp3) is 0.323. The molecule has 2 unspecified atom stereocenters. The van der Waals surface area contributed by atoms with Gasteiger partial charge in [0, 0.05) is 43.0 Å². The van der Waals surface area contributed by atoms with Gasteiger partial charge in [-0.2, -0.15) is 5.26 Å². The smallest absolute Gasteiger partial charge is 0.246 e. The molecule has 1 aromatic heterocycles. The van der Waals surface area contributed by atoms with Crippen LogP contribution in [0.15, 0.2) is 47.8 Å². The summed E-state index contributed by atoms with van der Waals surface area (Å²) in [4.78, 5) is 22.1. The number of aliphatic hydroxyl groups excluding tert-OH is 1. The van der Waals surface area contributed by atoms with Crippen molar-refractivity contribution in [2.24, 2.45) is 5.92 Å². The standard InChI is InChI=1S/C31H30Cl3F2N7O2/c1-5-19(44)41-8-10-42(11-9-41)29-16-12-18(32)27(20-21(33)23(35)22(34)24(36)25(20)38)40-30(16)43(31(45)17(29)13-37)28-15(4)6-7-39-26(28)14(2)3/h5-7,12,14,26,31,39,45H,1,8-11,38H2,2-4H3. The lowest BCUT2D eigenvalue weighted by molar-refractivity contribution is -0.127. The number of anilines is 2. The maximum atomic E-state index is 14.9. The first-order valence-electron chi connectivity index (χ1n) is 14.1. The van der Waals surface area contributed by atoms with Crippen molar-refractivity contribution in [3.05, 3.63) is 80.1 Å². The molecule has 1 saturated heterocycles. The molecule has 45 heavy (non-hydrogen) atoms. The number of aliphatic hydroxyl groups is 1. The van der Waals surface area contributed by atoms with E-state index in [9.17, 15) is 23.9 Å². The number of fused-ring (bicyclic) bond motifs is 1. The molecule has 1 amide bonds. The number of benzene rings is 1. The van der Waals surface area contributed by atoms with Crippen LogP contribution in [0.4, 0.5) is 20.3 Å². The van der Waals surface area contributed by atoms with Crippen LogP contribution in [0.5, 0.6) is 0 Å². The molecule has 236 valence electrons. The molecule has 0 aliphatic carbocycles. The van der Waals surface area contributed by atoms with Gasteiger partial charge in [0.25, 0.3) is 0 Å². The Morgan fingerprint density at radius 1 is 1.22 bits per heavy atom. The van der Waals surface area contributed by atoms with E-state index >= 15 is 0 Å². The number of nitrogens with one attached hydrogen (secondary N) is 1. The van der Waals surface area contributed by atoms with E-state index in [1.807, 2.05) is 31.7 Å². The number of pyridine rings is 1. The lowest BCUT2D eigenvalue weighted by atomic mass is 9.90. The van der Waals surface area contributed by atoms with Crippen molar-refractivity contribution in [3.63, 3.8) is 0 Å². The fourth-order valence-corrected chi connectivity index (χ4v) is 6.69. The third-order valence-electron chi connectivity index (χ3n) is 8.17. The Morgan fingerprint density at radius 2 is 1.89 bits per heavy atom. The first kappa shape index (κ1) is 32.6. The van der Waals surface area contributed by atoms with Crippen molar-refractivity contribution in [1.82, 2.24) is 20.1 Å². The molecule has 1 aromatic carbocycles. The number of hydrogen-bond acceptors (Lipinski definition) is 8. The molecular formula is C31H30Cl3F2N7O2. The topological polar surface area (TPSA) is 122 Å². The number of rotatable bonds is 5. The second-order valence-electron chi connectivity index (χ2n) is 11.2. The van der Waals surface area contributed by atoms with Crippen LogP contribution < -0.4 is 16.0 Å². The molecule has 0 saturated carbocycles. The minimum absolute atomic E-state index is 0.0262. The Morgan fingerprint density at radius 3 is 2.49 bits per heavy atom. The van der Waals surface area contributed by atoms with E-state index in [1.54, 1.807) is 11.1 Å². The number of amides is 1. The highest BCUT2D eigenvalue weighted by Gasteiger charge is 2.42. The number of piperazine rings is 1. The van der Waals surface area contributed by atoms with Gasteiger partial charge >= 0.3 is 0 Å². The molecule has 3 aliphatic rings. The summed E-state index contributed by atoms with van der Waals surface area (Å²) in [5, 5.41) is 24.2. The predicted molar refractivity (Wildman–Crippen MR) is 172 cm³/mol. The van der Waals surface area contributed by atoms with E-state index in [2.05, 4.69) is 18.0 Å². The molecule has 5 rings (SSSR count). The van der Waals surface area contributed by atoms with Crippen LogP contribution in [0, 0.1) is 28.9 Å². The van der Waals surface area contributed by atoms with Gasteiger partial charge in [0.05, 0.1) is 33.2 Å². The first-order valence-corrected chi connectivity index (χ1v) is 15.2. The lowest BCUT2D eigenvalue weighted by Crippen LogP contribution is -2.52. The minimum atomic E-state index is -1.52. The number of carbonyl (C=O) groups is 1. The molecule has 4 N–H and O–H groups in total. The number of nitrogens with zero attached hydrogens (tertiary/aromatic N) is 5. The third kappa shape index (κ3) is 5.40. The number of aromatic nitrogens is 1. The molecule has 14 heteroatoms. The Hall–Kier alpha value is -3.82. The molecule has 0 bridgehead atoms. The fourth-order valence-electron chi connectivity index (χ4n) is 5.92. The van der Waals surface area contributed by atoms with Crippen LogP contribution in [-0.2, 0) is 4.79 Å². The summed E-state index contributed by atoms with van der Waals surface area (Å²) in [6, 6.07) is 3.38. The van der Waals surface area contributed by atoms with Crippen molar-refractivity contribution in [2.45, 2.75) is 33.0 Å². The number of nitriles is 1. The minimum Gasteiger partial charge on any atom is -0.396 e. The number of halogens is 5. The molecule has 9 nitrogen and oxygen atoms in total. The summed E-state index contributed by atoms with van der Waals surface area (Å²) in [6.07, 6.45) is 3.36. The van der Waals surface area contributed by atoms with E-state index in [-0.39, 0.29) is 45.5 Å². The highest BCUT2D eigenvalue weighted by atomic mass is 35.5. The Kier molecular flexibility index (Phi) is 9.06. The van der Waals surface area contributed by atoms with Crippen molar-refractivity contribution in [2.75, 3.05) is 36.8 Å². The third-order valence-corrected chi connectivity index (χ3v) is 9.15. The second kappa shape index (κ2) is 12.5. The van der Waals surface area contributed by atoms with Gasteiger partial charge in [-0.15, -0.1) is 0 Å². The van der Waals surface area contributed by atoms with Crippen LogP contribution in [0.1, 0.15) is 26.3 Å². The summed E-state index contributed by atoms with van der Waals surface area (Å²) in [5.74, 6) is -2.49. The van der Waals surface area contributed by atoms with Gasteiger partial charge in [0.1, 0.15) is 22.5 Å². The van der Waals surface area contributed by atoms with Crippen LogP contribution in [0.25, 0.3) is 17.0 Å². The zero-order valence-corrected chi connectivity index (χ0v) is 26.9. The van der Waals surface area contributed by atoms with E-state index in [1.165, 1.54) is 17.0 Å². The number of nitrogens with two attached hydrogens (primary N) is 1. The zero-order valence-electron chi connectivity index (χ0n) is 24.6. The number of dihydropyridines is 1. The monoisotopic (exact) mass is 675 g/mol. The van der Waals surface area contributed by atoms with Gasteiger partial charge in [-0.25, -0.2) is 13.8 Å². The maximum absolute atomic E-state index is 14.9. The van der Waals surface area contributed by atoms with Crippen molar-refractivity contribution >= 4 is 57.9 Å². The van der Waals surface area contributed by atoms with Gasteiger partial charge in [-0.3, -0.25) is 9.69 Å². The summed E-state index contributed by atoms with van der Waals surface area (Å²) < 4.78 is 29.9. The lowest BCUT2D eigenvalue weighted by Gasteiger charge is -2.45. The van der Waals surface area contributed by atoms with Gasteiger partial charge in [-0.05, 0) is 42.8 Å². The van der Waals surface area contributed by atoms with E-state index in [0.717, 1.165) is 5.57 Å². The normalized spacial score (nSPS) is 20.0. The number of nitrogen functional groups attached to an aromatic ring is 1. The quantitative estimate of drug-likeness (QED) is 0.160. The predicted octanol–water partition coefficient (Wildman–Crippen LogP) is 5.69. The van der Waals surface area contributed by atoms with Crippen LogP contribution in [-0.4, -0.2) is 64.2 Å². The van der Waals surface area contributed by atoms with Crippen molar-refractivity contribution in [1.29, 1.82) is 5.26 Å². The molecule has 2 atom stereocenters. The summed E-state index contributed by atoms with van der Waals surface area (Å²) in [5.41, 5.74) is 7.25. The molecular weight excluding hydrogens is 647 g/mol. The van der Waals surface area contributed by atoms with Gasteiger partial charge in [-0.1, -0.05) is 55.2 Å².